The van der Waals surface area contributed by atoms with Gasteiger partial charge in [0.2, 0.25) is 0 Å². The predicted octanol–water partition coefficient (Wildman–Crippen LogP) is 2.53. The van der Waals surface area contributed by atoms with Crippen molar-refractivity contribution in [3.05, 3.63) is 29.8 Å². The molecule has 0 aliphatic rings. The van der Waals surface area contributed by atoms with Crippen molar-refractivity contribution in [2.45, 2.75) is 39.2 Å². The van der Waals surface area contributed by atoms with Crippen LogP contribution in [0.1, 0.15) is 31.7 Å². The minimum atomic E-state index is -0.494. The number of aryl methyl sites for hydroxylation is 1. The smallest absolute Gasteiger partial charge is 0.119 e. The van der Waals surface area contributed by atoms with Crippen LogP contribution in [0, 0.1) is 6.92 Å². The highest BCUT2D eigenvalue weighted by Gasteiger charge is 2.04. The van der Waals surface area contributed by atoms with Crippen molar-refractivity contribution in [2.24, 2.45) is 0 Å². The van der Waals surface area contributed by atoms with Gasteiger partial charge in [-0.2, -0.15) is 0 Å². The maximum atomic E-state index is 9.83. The molecule has 0 heterocycles. The highest BCUT2D eigenvalue weighted by atomic mass is 16.5. The molecule has 0 amide bonds. The van der Waals surface area contributed by atoms with Crippen molar-refractivity contribution < 1.29 is 14.6 Å². The van der Waals surface area contributed by atoms with Gasteiger partial charge in [0, 0.05) is 19.8 Å². The Morgan fingerprint density at radius 3 is 2.81 bits per heavy atom. The lowest BCUT2D eigenvalue weighted by molar-refractivity contribution is 0.103. The third-order valence-corrected chi connectivity index (χ3v) is 3.10. The van der Waals surface area contributed by atoms with Crippen LogP contribution in [0.25, 0.3) is 0 Å². The van der Waals surface area contributed by atoms with Gasteiger partial charge in [0.15, 0.2) is 0 Å². The molecule has 0 spiro atoms. The van der Waals surface area contributed by atoms with E-state index in [9.17, 15) is 5.11 Å². The molecule has 0 bridgehead atoms. The molecule has 1 rings (SSSR count). The minimum absolute atomic E-state index is 0.309. The van der Waals surface area contributed by atoms with E-state index in [0.717, 1.165) is 43.9 Å². The summed E-state index contributed by atoms with van der Waals surface area (Å²) in [6.45, 7) is 7.52. The lowest BCUT2D eigenvalue weighted by Gasteiger charge is -2.13. The number of hydrogen-bond donors (Lipinski definition) is 2. The van der Waals surface area contributed by atoms with Crippen molar-refractivity contribution >= 4 is 0 Å². The van der Waals surface area contributed by atoms with Gasteiger partial charge >= 0.3 is 0 Å². The fourth-order valence-corrected chi connectivity index (χ4v) is 1.87. The highest BCUT2D eigenvalue weighted by molar-refractivity contribution is 5.27. The molecule has 1 atom stereocenters. The molecule has 2 N–H and O–H groups in total. The summed E-state index contributed by atoms with van der Waals surface area (Å²) in [5.41, 5.74) is 1.16. The van der Waals surface area contributed by atoms with Gasteiger partial charge in [-0.3, -0.25) is 0 Å². The summed E-state index contributed by atoms with van der Waals surface area (Å²) < 4.78 is 11.0. The standard InChI is InChI=1S/C17H29NO3/c1-3-4-10-20-11-6-9-18-13-16(19)14-21-17-8-5-7-15(2)12-17/h5,7-8,12,16,18-19H,3-4,6,9-11,13-14H2,1-2H3. The Morgan fingerprint density at radius 2 is 2.05 bits per heavy atom. The summed E-state index contributed by atoms with van der Waals surface area (Å²) in [4.78, 5) is 0. The van der Waals surface area contributed by atoms with E-state index >= 15 is 0 Å². The first-order valence-corrected chi connectivity index (χ1v) is 7.88. The maximum Gasteiger partial charge on any atom is 0.119 e. The number of aliphatic hydroxyl groups is 1. The number of benzene rings is 1. The number of ether oxygens (including phenoxy) is 2. The molecule has 1 aromatic carbocycles. The topological polar surface area (TPSA) is 50.7 Å². The van der Waals surface area contributed by atoms with Crippen LogP contribution in [0.5, 0.6) is 5.75 Å². The SMILES string of the molecule is CCCCOCCCNCC(O)COc1cccc(C)c1. The quantitative estimate of drug-likeness (QED) is 0.582. The van der Waals surface area contributed by atoms with Crippen molar-refractivity contribution in [1.82, 2.24) is 5.32 Å². The van der Waals surface area contributed by atoms with Crippen LogP contribution in [-0.4, -0.2) is 44.1 Å². The Hall–Kier alpha value is -1.10. The number of aliphatic hydroxyl groups excluding tert-OH is 1. The average molecular weight is 295 g/mol. The zero-order valence-corrected chi connectivity index (χ0v) is 13.3. The third kappa shape index (κ3) is 9.45. The summed E-state index contributed by atoms with van der Waals surface area (Å²) in [7, 11) is 0. The second kappa shape index (κ2) is 11.5. The van der Waals surface area contributed by atoms with Crippen molar-refractivity contribution in [3.8, 4) is 5.75 Å². The third-order valence-electron chi connectivity index (χ3n) is 3.10. The van der Waals surface area contributed by atoms with Gasteiger partial charge in [-0.15, -0.1) is 0 Å². The first-order chi connectivity index (χ1) is 10.2. The van der Waals surface area contributed by atoms with Crippen molar-refractivity contribution in [1.29, 1.82) is 0 Å². The van der Waals surface area contributed by atoms with E-state index in [0.29, 0.717) is 13.2 Å². The van der Waals surface area contributed by atoms with E-state index in [2.05, 4.69) is 12.2 Å². The number of unbranched alkanes of at least 4 members (excludes halogenated alkanes) is 1. The van der Waals surface area contributed by atoms with Gasteiger partial charge in [0.25, 0.3) is 0 Å². The summed E-state index contributed by atoms with van der Waals surface area (Å²) in [6, 6.07) is 7.84. The van der Waals surface area contributed by atoms with Crippen LogP contribution in [0.4, 0.5) is 0 Å². The average Bonchev–Trinajstić information content (AvgIpc) is 2.48. The van der Waals surface area contributed by atoms with Crippen LogP contribution < -0.4 is 10.1 Å². The molecule has 4 nitrogen and oxygen atoms in total. The van der Waals surface area contributed by atoms with Crippen LogP contribution in [-0.2, 0) is 4.74 Å². The van der Waals surface area contributed by atoms with E-state index < -0.39 is 6.10 Å². The van der Waals surface area contributed by atoms with E-state index in [1.165, 1.54) is 6.42 Å². The molecule has 0 aliphatic carbocycles. The van der Waals surface area contributed by atoms with Crippen LogP contribution >= 0.6 is 0 Å². The van der Waals surface area contributed by atoms with Crippen LogP contribution in [0.3, 0.4) is 0 Å². The molecule has 1 unspecified atom stereocenters. The van der Waals surface area contributed by atoms with Gasteiger partial charge in [0.1, 0.15) is 18.5 Å². The predicted molar refractivity (Wildman–Crippen MR) is 85.9 cm³/mol. The summed E-state index contributed by atoms with van der Waals surface area (Å²) in [5, 5.41) is 13.0. The molecule has 21 heavy (non-hydrogen) atoms. The molecule has 0 saturated heterocycles. The van der Waals surface area contributed by atoms with Gasteiger partial charge in [-0.25, -0.2) is 0 Å². The monoisotopic (exact) mass is 295 g/mol. The molecular weight excluding hydrogens is 266 g/mol. The van der Waals surface area contributed by atoms with E-state index in [4.69, 9.17) is 9.47 Å². The normalized spacial score (nSPS) is 12.3. The molecular formula is C17H29NO3. The largest absolute Gasteiger partial charge is 0.491 e. The fourth-order valence-electron chi connectivity index (χ4n) is 1.87. The zero-order chi connectivity index (χ0) is 15.3. The van der Waals surface area contributed by atoms with Gasteiger partial charge in [-0.1, -0.05) is 25.5 Å². The molecule has 120 valence electrons. The number of hydrogen-bond acceptors (Lipinski definition) is 4. The Kier molecular flexibility index (Phi) is 9.87. The maximum absolute atomic E-state index is 9.83. The van der Waals surface area contributed by atoms with Crippen molar-refractivity contribution in [3.63, 3.8) is 0 Å². The minimum Gasteiger partial charge on any atom is -0.491 e. The van der Waals surface area contributed by atoms with Crippen LogP contribution in [0.15, 0.2) is 24.3 Å². The Labute approximate surface area is 128 Å². The number of nitrogens with one attached hydrogen (secondary N) is 1. The molecule has 0 fully saturated rings. The Morgan fingerprint density at radius 1 is 1.24 bits per heavy atom. The molecule has 0 aliphatic heterocycles. The molecule has 0 radical (unpaired) electrons. The first kappa shape index (κ1) is 18.0. The molecule has 0 aromatic heterocycles. The van der Waals surface area contributed by atoms with Gasteiger partial charge in [0.05, 0.1) is 0 Å². The van der Waals surface area contributed by atoms with E-state index in [1.54, 1.807) is 0 Å². The summed E-state index contributed by atoms with van der Waals surface area (Å²) in [5.74, 6) is 0.804. The Balaban J connectivity index is 1.97. The van der Waals surface area contributed by atoms with Gasteiger partial charge < -0.3 is 19.9 Å². The lowest BCUT2D eigenvalue weighted by atomic mass is 10.2. The molecule has 0 saturated carbocycles. The van der Waals surface area contributed by atoms with E-state index in [1.807, 2.05) is 31.2 Å². The summed E-state index contributed by atoms with van der Waals surface area (Å²) >= 11 is 0. The second-order valence-corrected chi connectivity index (χ2v) is 5.30. The highest BCUT2D eigenvalue weighted by Crippen LogP contribution is 2.12. The second-order valence-electron chi connectivity index (χ2n) is 5.30. The number of rotatable bonds is 12. The Bertz CT molecular complexity index is 371. The fraction of sp³-hybridized carbons (Fsp3) is 0.647. The first-order valence-electron chi connectivity index (χ1n) is 7.88. The van der Waals surface area contributed by atoms with E-state index in [-0.39, 0.29) is 0 Å². The molecule has 4 heteroatoms. The summed E-state index contributed by atoms with van der Waals surface area (Å²) in [6.07, 6.45) is 2.77. The lowest BCUT2D eigenvalue weighted by Crippen LogP contribution is -2.32. The molecule has 1 aromatic rings. The zero-order valence-electron chi connectivity index (χ0n) is 13.3. The van der Waals surface area contributed by atoms with Crippen LogP contribution in [0.2, 0.25) is 0 Å². The van der Waals surface area contributed by atoms with Crippen molar-refractivity contribution in [2.75, 3.05) is 32.9 Å². The van der Waals surface area contributed by atoms with Gasteiger partial charge in [-0.05, 0) is 44.0 Å².